The van der Waals surface area contributed by atoms with Crippen LogP contribution in [0.15, 0.2) is 4.47 Å². The Morgan fingerprint density at radius 1 is 1.43 bits per heavy atom. The molecular formula is C15H25BrN4O. The van der Waals surface area contributed by atoms with Crippen LogP contribution in [0.4, 0.5) is 0 Å². The molecule has 1 heterocycles. The molecule has 1 saturated carbocycles. The van der Waals surface area contributed by atoms with Gasteiger partial charge in [0.25, 0.3) is 0 Å². The lowest BCUT2D eigenvalue weighted by atomic mass is 10.2. The van der Waals surface area contributed by atoms with E-state index in [0.717, 1.165) is 55.5 Å². The van der Waals surface area contributed by atoms with Crippen molar-refractivity contribution < 1.29 is 4.79 Å². The van der Waals surface area contributed by atoms with Crippen molar-refractivity contribution in [2.24, 2.45) is 0 Å². The monoisotopic (exact) mass is 356 g/mol. The number of hydrogen-bond acceptors (Lipinski definition) is 3. The molecule has 0 radical (unpaired) electrons. The van der Waals surface area contributed by atoms with Crippen LogP contribution in [-0.4, -0.2) is 28.3 Å². The van der Waals surface area contributed by atoms with E-state index in [1.807, 2.05) is 4.68 Å². The van der Waals surface area contributed by atoms with E-state index in [1.54, 1.807) is 0 Å². The fourth-order valence-corrected chi connectivity index (χ4v) is 3.00. The number of halogens is 1. The third kappa shape index (κ3) is 4.81. The zero-order valence-corrected chi connectivity index (χ0v) is 14.5. The molecule has 1 aromatic rings. The molecule has 1 amide bonds. The van der Waals surface area contributed by atoms with Crippen LogP contribution in [0.2, 0.25) is 0 Å². The summed E-state index contributed by atoms with van der Waals surface area (Å²) in [6.45, 7) is 6.72. The molecule has 1 aliphatic carbocycles. The number of amides is 1. The second-order valence-corrected chi connectivity index (χ2v) is 6.29. The highest BCUT2D eigenvalue weighted by Gasteiger charge is 2.22. The summed E-state index contributed by atoms with van der Waals surface area (Å²) >= 11 is 3.64. The van der Waals surface area contributed by atoms with Crippen molar-refractivity contribution in [3.8, 4) is 0 Å². The number of carbonyl (C=O) groups is 1. The predicted octanol–water partition coefficient (Wildman–Crippen LogP) is 2.38. The molecule has 0 aromatic carbocycles. The van der Waals surface area contributed by atoms with E-state index < -0.39 is 0 Å². The number of aromatic nitrogens is 2. The second-order valence-electron chi connectivity index (χ2n) is 5.50. The van der Waals surface area contributed by atoms with Gasteiger partial charge in [0.1, 0.15) is 0 Å². The van der Waals surface area contributed by atoms with E-state index in [4.69, 9.17) is 0 Å². The van der Waals surface area contributed by atoms with E-state index in [1.165, 1.54) is 5.69 Å². The van der Waals surface area contributed by atoms with Gasteiger partial charge in [-0.1, -0.05) is 6.92 Å². The van der Waals surface area contributed by atoms with Crippen molar-refractivity contribution in [1.29, 1.82) is 0 Å². The number of rotatable bonds is 9. The number of aryl methyl sites for hydroxylation is 2. The molecule has 5 nitrogen and oxygen atoms in total. The van der Waals surface area contributed by atoms with Gasteiger partial charge in [-0.3, -0.25) is 9.48 Å². The fraction of sp³-hybridized carbons (Fsp3) is 0.733. The Morgan fingerprint density at radius 3 is 2.81 bits per heavy atom. The minimum absolute atomic E-state index is 0.187. The summed E-state index contributed by atoms with van der Waals surface area (Å²) in [5, 5.41) is 11.0. The van der Waals surface area contributed by atoms with Gasteiger partial charge in [0.15, 0.2) is 0 Å². The van der Waals surface area contributed by atoms with Crippen LogP contribution in [0.3, 0.4) is 0 Å². The highest BCUT2D eigenvalue weighted by atomic mass is 79.9. The first-order chi connectivity index (χ1) is 10.2. The Kier molecular flexibility index (Phi) is 6.23. The number of carbonyl (C=O) groups excluding carboxylic acids is 1. The van der Waals surface area contributed by atoms with Crippen molar-refractivity contribution in [2.45, 2.75) is 65.1 Å². The average Bonchev–Trinajstić information content (AvgIpc) is 3.22. The molecule has 0 bridgehead atoms. The third-order valence-electron chi connectivity index (χ3n) is 3.69. The van der Waals surface area contributed by atoms with Crippen LogP contribution in [0.5, 0.6) is 0 Å². The van der Waals surface area contributed by atoms with Gasteiger partial charge < -0.3 is 10.6 Å². The SMILES string of the molecule is CCc1nn(CC)c(CNCCCC(=O)NC2CC2)c1Br. The van der Waals surface area contributed by atoms with Crippen molar-refractivity contribution in [3.63, 3.8) is 0 Å². The second kappa shape index (κ2) is 7.94. The summed E-state index contributed by atoms with van der Waals surface area (Å²) < 4.78 is 3.15. The molecule has 118 valence electrons. The first-order valence-corrected chi connectivity index (χ1v) is 8.69. The highest BCUT2D eigenvalue weighted by molar-refractivity contribution is 9.10. The Morgan fingerprint density at radius 2 is 2.19 bits per heavy atom. The van der Waals surface area contributed by atoms with Gasteiger partial charge in [-0.15, -0.1) is 0 Å². The quantitative estimate of drug-likeness (QED) is 0.667. The van der Waals surface area contributed by atoms with Crippen molar-refractivity contribution in [2.75, 3.05) is 6.54 Å². The van der Waals surface area contributed by atoms with E-state index in [-0.39, 0.29) is 5.91 Å². The van der Waals surface area contributed by atoms with Crippen LogP contribution in [0, 0.1) is 0 Å². The van der Waals surface area contributed by atoms with Crippen molar-refractivity contribution >= 4 is 21.8 Å². The smallest absolute Gasteiger partial charge is 0.220 e. The van der Waals surface area contributed by atoms with Crippen LogP contribution in [0.25, 0.3) is 0 Å². The standard InChI is InChI=1S/C15H25BrN4O/c1-3-12-15(16)13(20(4-2)19-12)10-17-9-5-6-14(21)18-11-7-8-11/h11,17H,3-10H2,1-2H3,(H,18,21). The van der Waals surface area contributed by atoms with E-state index in [0.29, 0.717) is 12.5 Å². The van der Waals surface area contributed by atoms with Crippen molar-refractivity contribution in [1.82, 2.24) is 20.4 Å². The Labute approximate surface area is 135 Å². The maximum absolute atomic E-state index is 11.6. The average molecular weight is 357 g/mol. The first kappa shape index (κ1) is 16.5. The molecule has 1 aliphatic rings. The maximum atomic E-state index is 11.6. The zero-order valence-electron chi connectivity index (χ0n) is 12.9. The normalized spacial score (nSPS) is 14.4. The molecule has 6 heteroatoms. The lowest BCUT2D eigenvalue weighted by Crippen LogP contribution is -2.26. The summed E-state index contributed by atoms with van der Waals surface area (Å²) in [5.74, 6) is 0.187. The highest BCUT2D eigenvalue weighted by Crippen LogP contribution is 2.22. The molecule has 21 heavy (non-hydrogen) atoms. The van der Waals surface area contributed by atoms with Crippen LogP contribution in [-0.2, 0) is 24.3 Å². The molecule has 0 atom stereocenters. The van der Waals surface area contributed by atoms with Crippen molar-refractivity contribution in [3.05, 3.63) is 15.9 Å². The number of nitrogens with one attached hydrogen (secondary N) is 2. The summed E-state index contributed by atoms with van der Waals surface area (Å²) in [6, 6.07) is 0.466. The van der Waals surface area contributed by atoms with E-state index in [9.17, 15) is 4.79 Å². The summed E-state index contributed by atoms with van der Waals surface area (Å²) in [7, 11) is 0. The van der Waals surface area contributed by atoms with E-state index in [2.05, 4.69) is 45.5 Å². The first-order valence-electron chi connectivity index (χ1n) is 7.89. The topological polar surface area (TPSA) is 59.0 Å². The Bertz CT molecular complexity index is 482. The molecular weight excluding hydrogens is 332 g/mol. The van der Waals surface area contributed by atoms with E-state index >= 15 is 0 Å². The molecule has 0 saturated heterocycles. The van der Waals surface area contributed by atoms with Crippen LogP contribution in [0.1, 0.15) is 50.9 Å². The number of hydrogen-bond donors (Lipinski definition) is 2. The van der Waals surface area contributed by atoms with Crippen LogP contribution >= 0.6 is 15.9 Å². The largest absolute Gasteiger partial charge is 0.353 e. The molecule has 0 aliphatic heterocycles. The molecule has 2 rings (SSSR count). The number of nitrogens with zero attached hydrogens (tertiary/aromatic N) is 2. The molecule has 1 fully saturated rings. The van der Waals surface area contributed by atoms with Gasteiger partial charge in [-0.2, -0.15) is 5.10 Å². The van der Waals surface area contributed by atoms with Gasteiger partial charge in [0, 0.05) is 25.6 Å². The lowest BCUT2D eigenvalue weighted by molar-refractivity contribution is -0.121. The Balaban J connectivity index is 1.70. The fourth-order valence-electron chi connectivity index (χ4n) is 2.29. The summed E-state index contributed by atoms with van der Waals surface area (Å²) in [6.07, 6.45) is 4.72. The van der Waals surface area contributed by atoms with Gasteiger partial charge in [-0.25, -0.2) is 0 Å². The minimum Gasteiger partial charge on any atom is -0.353 e. The molecule has 0 spiro atoms. The Hall–Kier alpha value is -0.880. The van der Waals surface area contributed by atoms with Gasteiger partial charge >= 0.3 is 0 Å². The zero-order chi connectivity index (χ0) is 15.2. The minimum atomic E-state index is 0.187. The molecule has 0 unspecified atom stereocenters. The van der Waals surface area contributed by atoms with Crippen LogP contribution < -0.4 is 10.6 Å². The summed E-state index contributed by atoms with van der Waals surface area (Å²) in [4.78, 5) is 11.6. The predicted molar refractivity (Wildman–Crippen MR) is 87.1 cm³/mol. The van der Waals surface area contributed by atoms with Gasteiger partial charge in [-0.05, 0) is 55.1 Å². The molecule has 2 N–H and O–H groups in total. The van der Waals surface area contributed by atoms with Gasteiger partial charge in [0.2, 0.25) is 5.91 Å². The molecule has 1 aromatic heterocycles. The maximum Gasteiger partial charge on any atom is 0.220 e. The lowest BCUT2D eigenvalue weighted by Gasteiger charge is -2.08. The van der Waals surface area contributed by atoms with Gasteiger partial charge in [0.05, 0.1) is 15.9 Å². The summed E-state index contributed by atoms with van der Waals surface area (Å²) in [5.41, 5.74) is 2.30. The third-order valence-corrected chi connectivity index (χ3v) is 4.60.